The summed E-state index contributed by atoms with van der Waals surface area (Å²) in [4.78, 5) is 16.9. The molecular formula is C20H23Cl2N3O. The second kappa shape index (κ2) is 9.38. The van der Waals surface area contributed by atoms with Crippen LogP contribution in [0.3, 0.4) is 0 Å². The smallest absolute Gasteiger partial charge is 0.238 e. The third-order valence-corrected chi connectivity index (χ3v) is 5.33. The highest BCUT2D eigenvalue weighted by Crippen LogP contribution is 2.24. The van der Waals surface area contributed by atoms with E-state index in [1.165, 1.54) is 5.56 Å². The number of halogens is 2. The molecule has 1 heterocycles. The lowest BCUT2D eigenvalue weighted by atomic mass is 10.1. The number of hydrogen-bond acceptors (Lipinski definition) is 3. The van der Waals surface area contributed by atoms with Gasteiger partial charge in [0.25, 0.3) is 0 Å². The lowest BCUT2D eigenvalue weighted by molar-refractivity contribution is -0.117. The molecule has 26 heavy (non-hydrogen) atoms. The first-order valence-electron chi connectivity index (χ1n) is 8.84. The van der Waals surface area contributed by atoms with E-state index in [2.05, 4.69) is 39.4 Å². The molecule has 0 unspecified atom stereocenters. The minimum absolute atomic E-state index is 0.0267. The Kier molecular flexibility index (Phi) is 6.92. The Morgan fingerprint density at radius 1 is 0.923 bits per heavy atom. The van der Waals surface area contributed by atoms with E-state index in [0.29, 0.717) is 22.3 Å². The summed E-state index contributed by atoms with van der Waals surface area (Å²) in [6.07, 6.45) is 1.07. The summed E-state index contributed by atoms with van der Waals surface area (Å²) in [6.45, 7) is 5.26. The Hall–Kier alpha value is -1.59. The summed E-state index contributed by atoms with van der Waals surface area (Å²) in [5, 5.41) is 3.80. The van der Waals surface area contributed by atoms with Crippen LogP contribution in [-0.4, -0.2) is 55.0 Å². The number of anilines is 1. The minimum Gasteiger partial charge on any atom is -0.325 e. The predicted molar refractivity (Wildman–Crippen MR) is 108 cm³/mol. The maximum absolute atomic E-state index is 12.2. The fraction of sp³-hybridized carbons (Fsp3) is 0.350. The number of hydrogen-bond donors (Lipinski definition) is 1. The van der Waals surface area contributed by atoms with E-state index in [1.54, 1.807) is 18.2 Å². The van der Waals surface area contributed by atoms with Crippen molar-refractivity contribution in [2.45, 2.75) is 6.42 Å². The molecule has 0 atom stereocenters. The van der Waals surface area contributed by atoms with Crippen molar-refractivity contribution in [1.29, 1.82) is 0 Å². The van der Waals surface area contributed by atoms with Gasteiger partial charge in [0.15, 0.2) is 0 Å². The van der Waals surface area contributed by atoms with Crippen molar-refractivity contribution < 1.29 is 4.79 Å². The van der Waals surface area contributed by atoms with Crippen LogP contribution in [0.25, 0.3) is 0 Å². The molecule has 2 aromatic rings. The second-order valence-corrected chi connectivity index (χ2v) is 7.34. The van der Waals surface area contributed by atoms with E-state index in [0.717, 1.165) is 39.1 Å². The lowest BCUT2D eigenvalue weighted by Crippen LogP contribution is -2.49. The van der Waals surface area contributed by atoms with Crippen molar-refractivity contribution in [2.75, 3.05) is 44.6 Å². The number of carbonyl (C=O) groups excluding carboxylic acids is 1. The molecule has 1 fully saturated rings. The molecule has 6 heteroatoms. The van der Waals surface area contributed by atoms with E-state index in [4.69, 9.17) is 23.2 Å². The first kappa shape index (κ1) is 19.2. The number of carbonyl (C=O) groups is 1. The van der Waals surface area contributed by atoms with Crippen LogP contribution >= 0.6 is 23.2 Å². The van der Waals surface area contributed by atoms with Gasteiger partial charge < -0.3 is 10.2 Å². The largest absolute Gasteiger partial charge is 0.325 e. The number of nitrogens with zero attached hydrogens (tertiary/aromatic N) is 2. The van der Waals surface area contributed by atoms with E-state index >= 15 is 0 Å². The average molecular weight is 392 g/mol. The van der Waals surface area contributed by atoms with Gasteiger partial charge in [0.1, 0.15) is 0 Å². The van der Waals surface area contributed by atoms with Gasteiger partial charge in [-0.25, -0.2) is 0 Å². The van der Waals surface area contributed by atoms with E-state index < -0.39 is 0 Å². The van der Waals surface area contributed by atoms with Crippen LogP contribution in [0.4, 0.5) is 5.69 Å². The molecule has 0 saturated carbocycles. The molecular weight excluding hydrogens is 369 g/mol. The monoisotopic (exact) mass is 391 g/mol. The van der Waals surface area contributed by atoms with Crippen LogP contribution in [0.2, 0.25) is 10.0 Å². The number of amides is 1. The van der Waals surface area contributed by atoms with E-state index in [9.17, 15) is 4.79 Å². The molecule has 0 spiro atoms. The van der Waals surface area contributed by atoms with Gasteiger partial charge in [0.2, 0.25) is 5.91 Å². The molecule has 2 aromatic carbocycles. The first-order valence-corrected chi connectivity index (χ1v) is 9.59. The predicted octanol–water partition coefficient (Wildman–Crippen LogP) is 3.79. The third-order valence-electron chi connectivity index (χ3n) is 4.60. The van der Waals surface area contributed by atoms with Crippen molar-refractivity contribution in [3.8, 4) is 0 Å². The quantitative estimate of drug-likeness (QED) is 0.813. The highest BCUT2D eigenvalue weighted by molar-refractivity contribution is 6.42. The van der Waals surface area contributed by atoms with Gasteiger partial charge in [-0.05, 0) is 30.2 Å². The molecule has 1 aliphatic rings. The van der Waals surface area contributed by atoms with Crippen molar-refractivity contribution in [3.05, 3.63) is 64.1 Å². The van der Waals surface area contributed by atoms with E-state index in [1.807, 2.05) is 6.07 Å². The Morgan fingerprint density at radius 2 is 1.62 bits per heavy atom. The number of nitrogens with one attached hydrogen (secondary N) is 1. The highest BCUT2D eigenvalue weighted by atomic mass is 35.5. The molecule has 1 aliphatic heterocycles. The molecule has 0 bridgehead atoms. The summed E-state index contributed by atoms with van der Waals surface area (Å²) in [5.41, 5.74) is 2.04. The zero-order valence-electron chi connectivity index (χ0n) is 14.6. The number of benzene rings is 2. The number of rotatable bonds is 6. The standard InChI is InChI=1S/C20H23Cl2N3O/c21-18-7-6-17(14-19(18)22)23-20(26)15-25-12-10-24(11-13-25)9-8-16-4-2-1-3-5-16/h1-7,14H,8-13,15H2,(H,23,26). The maximum atomic E-state index is 12.2. The molecule has 1 N–H and O–H groups in total. The molecule has 1 saturated heterocycles. The average Bonchev–Trinajstić information content (AvgIpc) is 2.65. The molecule has 3 rings (SSSR count). The van der Waals surface area contributed by atoms with Gasteiger partial charge in [-0.1, -0.05) is 53.5 Å². The normalized spacial score (nSPS) is 15.8. The molecule has 0 aromatic heterocycles. The SMILES string of the molecule is O=C(CN1CCN(CCc2ccccc2)CC1)Nc1ccc(Cl)c(Cl)c1. The topological polar surface area (TPSA) is 35.6 Å². The summed E-state index contributed by atoms with van der Waals surface area (Å²) in [5.74, 6) is -0.0267. The van der Waals surface area contributed by atoms with Gasteiger partial charge in [-0.3, -0.25) is 9.69 Å². The third kappa shape index (κ3) is 5.71. The summed E-state index contributed by atoms with van der Waals surface area (Å²) < 4.78 is 0. The zero-order valence-corrected chi connectivity index (χ0v) is 16.1. The molecule has 138 valence electrons. The van der Waals surface area contributed by atoms with Gasteiger partial charge in [-0.15, -0.1) is 0 Å². The molecule has 0 aliphatic carbocycles. The van der Waals surface area contributed by atoms with Crippen molar-refractivity contribution in [1.82, 2.24) is 9.80 Å². The first-order chi connectivity index (χ1) is 12.6. The molecule has 4 nitrogen and oxygen atoms in total. The van der Waals surface area contributed by atoms with E-state index in [-0.39, 0.29) is 5.91 Å². The molecule has 0 radical (unpaired) electrons. The van der Waals surface area contributed by atoms with Crippen LogP contribution < -0.4 is 5.32 Å². The minimum atomic E-state index is -0.0267. The Balaban J connectivity index is 1.39. The Morgan fingerprint density at radius 3 is 2.31 bits per heavy atom. The van der Waals surface area contributed by atoms with Crippen LogP contribution in [0.15, 0.2) is 48.5 Å². The summed E-state index contributed by atoms with van der Waals surface area (Å²) >= 11 is 11.9. The van der Waals surface area contributed by atoms with Crippen LogP contribution in [0.5, 0.6) is 0 Å². The van der Waals surface area contributed by atoms with Gasteiger partial charge in [-0.2, -0.15) is 0 Å². The Bertz CT molecular complexity index is 731. The highest BCUT2D eigenvalue weighted by Gasteiger charge is 2.18. The summed E-state index contributed by atoms with van der Waals surface area (Å²) in [7, 11) is 0. The summed E-state index contributed by atoms with van der Waals surface area (Å²) in [6, 6.07) is 15.7. The fourth-order valence-corrected chi connectivity index (χ4v) is 3.38. The zero-order chi connectivity index (χ0) is 18.4. The lowest BCUT2D eigenvalue weighted by Gasteiger charge is -2.34. The van der Waals surface area contributed by atoms with Crippen molar-refractivity contribution in [3.63, 3.8) is 0 Å². The van der Waals surface area contributed by atoms with Crippen LogP contribution in [0, 0.1) is 0 Å². The van der Waals surface area contributed by atoms with Gasteiger partial charge in [0.05, 0.1) is 16.6 Å². The Labute approximate surface area is 164 Å². The van der Waals surface area contributed by atoms with Crippen molar-refractivity contribution >= 4 is 34.8 Å². The van der Waals surface area contributed by atoms with Crippen molar-refractivity contribution in [2.24, 2.45) is 0 Å². The van der Waals surface area contributed by atoms with Crippen LogP contribution in [0.1, 0.15) is 5.56 Å². The second-order valence-electron chi connectivity index (χ2n) is 6.53. The molecule has 1 amide bonds. The van der Waals surface area contributed by atoms with Crippen LogP contribution in [-0.2, 0) is 11.2 Å². The van der Waals surface area contributed by atoms with Gasteiger partial charge in [0, 0.05) is 38.4 Å². The fourth-order valence-electron chi connectivity index (χ4n) is 3.08. The van der Waals surface area contributed by atoms with Gasteiger partial charge >= 0.3 is 0 Å². The maximum Gasteiger partial charge on any atom is 0.238 e. The number of piperazine rings is 1.